The summed E-state index contributed by atoms with van der Waals surface area (Å²) in [4.78, 5) is 38.7. The van der Waals surface area contributed by atoms with Crippen LogP contribution in [-0.4, -0.2) is 48.8 Å². The lowest BCUT2D eigenvalue weighted by Crippen LogP contribution is -2.37. The van der Waals surface area contributed by atoms with E-state index in [1.807, 2.05) is 6.92 Å². The SMILES string of the molecule is CCOc1ccc(C=C2SC(=O)N(CCNC(=O)c3cc(Cl)ccc3Cl)C2=O)cc1OC. The van der Waals surface area contributed by atoms with Crippen molar-refractivity contribution in [3.8, 4) is 11.5 Å². The molecular weight excluding hydrogens is 475 g/mol. The number of hydrogen-bond acceptors (Lipinski definition) is 6. The highest BCUT2D eigenvalue weighted by atomic mass is 35.5. The predicted molar refractivity (Wildman–Crippen MR) is 126 cm³/mol. The highest BCUT2D eigenvalue weighted by Gasteiger charge is 2.34. The number of carbonyl (C=O) groups excluding carboxylic acids is 3. The molecule has 0 unspecified atom stereocenters. The fraction of sp³-hybridized carbons (Fsp3) is 0.227. The Morgan fingerprint density at radius 2 is 1.94 bits per heavy atom. The van der Waals surface area contributed by atoms with Gasteiger partial charge in [0.15, 0.2) is 11.5 Å². The van der Waals surface area contributed by atoms with Gasteiger partial charge < -0.3 is 14.8 Å². The summed E-state index contributed by atoms with van der Waals surface area (Å²) >= 11 is 12.8. The molecule has 0 atom stereocenters. The van der Waals surface area contributed by atoms with Crippen molar-refractivity contribution < 1.29 is 23.9 Å². The van der Waals surface area contributed by atoms with Crippen LogP contribution in [-0.2, 0) is 4.79 Å². The first-order valence-electron chi connectivity index (χ1n) is 9.63. The molecule has 1 fully saturated rings. The molecule has 2 aromatic rings. The van der Waals surface area contributed by atoms with E-state index in [-0.39, 0.29) is 28.6 Å². The number of nitrogens with zero attached hydrogens (tertiary/aromatic N) is 1. The molecule has 0 saturated carbocycles. The Morgan fingerprint density at radius 3 is 2.66 bits per heavy atom. The summed E-state index contributed by atoms with van der Waals surface area (Å²) in [5.41, 5.74) is 0.914. The third-order valence-electron chi connectivity index (χ3n) is 4.45. The highest BCUT2D eigenvalue weighted by Crippen LogP contribution is 2.34. The minimum atomic E-state index is -0.443. The van der Waals surface area contributed by atoms with E-state index in [2.05, 4.69) is 5.32 Å². The number of hydrogen-bond donors (Lipinski definition) is 1. The molecule has 0 bridgehead atoms. The van der Waals surface area contributed by atoms with Crippen LogP contribution in [0.5, 0.6) is 11.5 Å². The maximum Gasteiger partial charge on any atom is 0.293 e. The molecule has 3 rings (SSSR count). The van der Waals surface area contributed by atoms with Crippen LogP contribution in [0.1, 0.15) is 22.8 Å². The topological polar surface area (TPSA) is 84.9 Å². The minimum Gasteiger partial charge on any atom is -0.493 e. The summed E-state index contributed by atoms with van der Waals surface area (Å²) in [6.07, 6.45) is 1.62. The van der Waals surface area contributed by atoms with Gasteiger partial charge in [-0.25, -0.2) is 0 Å². The largest absolute Gasteiger partial charge is 0.493 e. The van der Waals surface area contributed by atoms with Crippen molar-refractivity contribution in [2.45, 2.75) is 6.92 Å². The third kappa shape index (κ3) is 5.56. The molecule has 7 nitrogen and oxygen atoms in total. The van der Waals surface area contributed by atoms with Gasteiger partial charge in [-0.15, -0.1) is 0 Å². The summed E-state index contributed by atoms with van der Waals surface area (Å²) in [7, 11) is 1.53. The van der Waals surface area contributed by atoms with Gasteiger partial charge in [0.2, 0.25) is 0 Å². The summed E-state index contributed by atoms with van der Waals surface area (Å²) in [5, 5.41) is 2.87. The summed E-state index contributed by atoms with van der Waals surface area (Å²) in [5.74, 6) is 0.252. The van der Waals surface area contributed by atoms with E-state index in [0.29, 0.717) is 28.7 Å². The van der Waals surface area contributed by atoms with E-state index in [1.165, 1.54) is 19.2 Å². The number of imide groups is 1. The number of ether oxygens (including phenoxy) is 2. The second-order valence-corrected chi connectivity index (χ2v) is 8.39. The summed E-state index contributed by atoms with van der Waals surface area (Å²) in [6, 6.07) is 9.80. The van der Waals surface area contributed by atoms with Gasteiger partial charge in [-0.1, -0.05) is 29.3 Å². The second-order valence-electron chi connectivity index (χ2n) is 6.56. The van der Waals surface area contributed by atoms with Gasteiger partial charge in [0.25, 0.3) is 17.1 Å². The standard InChI is InChI=1S/C22H20Cl2N2O5S/c1-3-31-17-7-4-13(10-18(17)30-2)11-19-21(28)26(22(29)32-19)9-8-25-20(27)15-12-14(23)5-6-16(15)24/h4-7,10-12H,3,8-9H2,1-2H3,(H,25,27). The molecule has 1 aliphatic heterocycles. The fourth-order valence-corrected chi connectivity index (χ4v) is 4.18. The normalized spacial score (nSPS) is 14.8. The number of nitrogens with one attached hydrogen (secondary N) is 1. The molecule has 168 valence electrons. The molecule has 1 heterocycles. The average Bonchev–Trinajstić information content (AvgIpc) is 3.03. The first kappa shape index (κ1) is 24.0. The molecule has 3 amide bonds. The highest BCUT2D eigenvalue weighted by molar-refractivity contribution is 8.18. The van der Waals surface area contributed by atoms with Crippen molar-refractivity contribution in [3.05, 3.63) is 62.5 Å². The van der Waals surface area contributed by atoms with Crippen LogP contribution in [0.25, 0.3) is 6.08 Å². The monoisotopic (exact) mass is 494 g/mol. The number of thioether (sulfide) groups is 1. The molecule has 0 radical (unpaired) electrons. The van der Waals surface area contributed by atoms with E-state index >= 15 is 0 Å². The maximum absolute atomic E-state index is 12.7. The van der Waals surface area contributed by atoms with Crippen molar-refractivity contribution in [2.75, 3.05) is 26.8 Å². The number of rotatable bonds is 8. The Kier molecular flexibility index (Phi) is 8.06. The zero-order valence-corrected chi connectivity index (χ0v) is 19.6. The molecule has 32 heavy (non-hydrogen) atoms. The van der Waals surface area contributed by atoms with Crippen LogP contribution < -0.4 is 14.8 Å². The van der Waals surface area contributed by atoms with Crippen LogP contribution in [0.2, 0.25) is 10.0 Å². The smallest absolute Gasteiger partial charge is 0.293 e. The van der Waals surface area contributed by atoms with E-state index in [4.69, 9.17) is 32.7 Å². The Hall–Kier alpha value is -2.68. The molecule has 1 aliphatic rings. The molecule has 0 aliphatic carbocycles. The molecule has 1 saturated heterocycles. The Morgan fingerprint density at radius 1 is 1.16 bits per heavy atom. The lowest BCUT2D eigenvalue weighted by Gasteiger charge is -2.13. The molecular formula is C22H20Cl2N2O5S. The van der Waals surface area contributed by atoms with Crippen molar-refractivity contribution in [3.63, 3.8) is 0 Å². The minimum absolute atomic E-state index is 0.0263. The van der Waals surface area contributed by atoms with Crippen LogP contribution in [0.15, 0.2) is 41.3 Å². The van der Waals surface area contributed by atoms with Crippen molar-refractivity contribution >= 4 is 58.1 Å². The van der Waals surface area contributed by atoms with E-state index < -0.39 is 17.1 Å². The molecule has 2 aromatic carbocycles. The lowest BCUT2D eigenvalue weighted by molar-refractivity contribution is -0.122. The zero-order chi connectivity index (χ0) is 23.3. The van der Waals surface area contributed by atoms with Crippen LogP contribution >= 0.6 is 35.0 Å². The van der Waals surface area contributed by atoms with E-state index in [0.717, 1.165) is 16.7 Å². The first-order valence-corrected chi connectivity index (χ1v) is 11.2. The first-order chi connectivity index (χ1) is 15.3. The summed E-state index contributed by atoms with van der Waals surface area (Å²) in [6.45, 7) is 2.46. The van der Waals surface area contributed by atoms with E-state index in [9.17, 15) is 14.4 Å². The molecule has 0 spiro atoms. The number of methoxy groups -OCH3 is 1. The quantitative estimate of drug-likeness (QED) is 0.527. The number of amides is 3. The maximum atomic E-state index is 12.7. The zero-order valence-electron chi connectivity index (χ0n) is 17.3. The van der Waals surface area contributed by atoms with Crippen molar-refractivity contribution in [1.82, 2.24) is 10.2 Å². The molecule has 1 N–H and O–H groups in total. The number of benzene rings is 2. The van der Waals surface area contributed by atoms with Crippen molar-refractivity contribution in [1.29, 1.82) is 0 Å². The van der Waals surface area contributed by atoms with Gasteiger partial charge in [0, 0.05) is 18.1 Å². The van der Waals surface area contributed by atoms with Gasteiger partial charge in [-0.05, 0) is 60.7 Å². The molecule has 10 heteroatoms. The van der Waals surface area contributed by atoms with Crippen molar-refractivity contribution in [2.24, 2.45) is 0 Å². The van der Waals surface area contributed by atoms with E-state index in [1.54, 1.807) is 30.3 Å². The van der Waals surface area contributed by atoms with Gasteiger partial charge in [-0.3, -0.25) is 19.3 Å². The predicted octanol–water partition coefficient (Wildman–Crippen LogP) is 4.87. The van der Waals surface area contributed by atoms with Crippen LogP contribution in [0.3, 0.4) is 0 Å². The Bertz CT molecular complexity index is 1090. The third-order valence-corrected chi connectivity index (χ3v) is 5.92. The van der Waals surface area contributed by atoms with Gasteiger partial charge in [0.1, 0.15) is 0 Å². The number of carbonyl (C=O) groups is 3. The molecule has 0 aromatic heterocycles. The number of halogens is 2. The Balaban J connectivity index is 1.64. The Labute approximate surface area is 199 Å². The van der Waals surface area contributed by atoms with Gasteiger partial charge >= 0.3 is 0 Å². The fourth-order valence-electron chi connectivity index (χ4n) is 2.94. The lowest BCUT2D eigenvalue weighted by atomic mass is 10.2. The average molecular weight is 495 g/mol. The van der Waals surface area contributed by atoms with Gasteiger partial charge in [-0.2, -0.15) is 0 Å². The van der Waals surface area contributed by atoms with Gasteiger partial charge in [0.05, 0.1) is 29.2 Å². The van der Waals surface area contributed by atoms with Crippen LogP contribution in [0, 0.1) is 0 Å². The summed E-state index contributed by atoms with van der Waals surface area (Å²) < 4.78 is 10.8. The second kappa shape index (κ2) is 10.8. The van der Waals surface area contributed by atoms with Crippen LogP contribution in [0.4, 0.5) is 4.79 Å².